The molecule has 2 aromatic rings. The third-order valence-corrected chi connectivity index (χ3v) is 4.78. The molecule has 1 aromatic carbocycles. The smallest absolute Gasteiger partial charge is 0.253 e. The number of aromatic nitrogens is 1. The first kappa shape index (κ1) is 14.5. The van der Waals surface area contributed by atoms with Crippen LogP contribution >= 0.6 is 11.3 Å². The number of fused-ring (bicyclic) bond motifs is 1. The van der Waals surface area contributed by atoms with Gasteiger partial charge in [0.1, 0.15) is 0 Å². The Labute approximate surface area is 128 Å². The van der Waals surface area contributed by atoms with E-state index in [1.165, 1.54) is 6.42 Å². The standard InChI is InChI=1S/C16H20N2O2S/c1-18(8-2-4-13-5-3-9-20-13)16(19)12-6-7-15-14(10-12)17-11-21-15/h6-7,10-11,13H,2-5,8-9H2,1H3/t13-/m0/s1. The third-order valence-electron chi connectivity index (χ3n) is 3.97. The van der Waals surface area contributed by atoms with Gasteiger partial charge in [0.05, 0.1) is 21.8 Å². The molecule has 0 aliphatic carbocycles. The summed E-state index contributed by atoms with van der Waals surface area (Å²) in [5.41, 5.74) is 3.43. The first-order valence-corrected chi connectivity index (χ1v) is 8.32. The van der Waals surface area contributed by atoms with E-state index in [1.807, 2.05) is 30.8 Å². The van der Waals surface area contributed by atoms with Crippen molar-refractivity contribution in [2.24, 2.45) is 0 Å². The molecule has 0 radical (unpaired) electrons. The fourth-order valence-corrected chi connectivity index (χ4v) is 3.40. The number of nitrogens with zero attached hydrogens (tertiary/aromatic N) is 2. The summed E-state index contributed by atoms with van der Waals surface area (Å²) in [4.78, 5) is 18.5. The van der Waals surface area contributed by atoms with Gasteiger partial charge in [0.25, 0.3) is 5.91 Å². The summed E-state index contributed by atoms with van der Waals surface area (Å²) in [6.45, 7) is 1.67. The number of thiazole rings is 1. The van der Waals surface area contributed by atoms with E-state index >= 15 is 0 Å². The van der Waals surface area contributed by atoms with E-state index < -0.39 is 0 Å². The fourth-order valence-electron chi connectivity index (χ4n) is 2.74. The van der Waals surface area contributed by atoms with E-state index in [2.05, 4.69) is 4.98 Å². The van der Waals surface area contributed by atoms with E-state index in [4.69, 9.17) is 4.74 Å². The summed E-state index contributed by atoms with van der Waals surface area (Å²) >= 11 is 1.59. The average Bonchev–Trinajstić information content (AvgIpc) is 3.16. The zero-order valence-electron chi connectivity index (χ0n) is 12.2. The van der Waals surface area contributed by atoms with Crippen molar-refractivity contribution in [3.05, 3.63) is 29.3 Å². The van der Waals surface area contributed by atoms with Crippen LogP contribution in [0.2, 0.25) is 0 Å². The molecule has 21 heavy (non-hydrogen) atoms. The van der Waals surface area contributed by atoms with E-state index in [-0.39, 0.29) is 5.91 Å². The lowest BCUT2D eigenvalue weighted by molar-refractivity contribution is 0.0763. The van der Waals surface area contributed by atoms with Crippen LogP contribution in [-0.2, 0) is 4.74 Å². The number of benzene rings is 1. The highest BCUT2D eigenvalue weighted by Gasteiger charge is 2.17. The largest absolute Gasteiger partial charge is 0.378 e. The normalized spacial score (nSPS) is 18.2. The lowest BCUT2D eigenvalue weighted by Gasteiger charge is -2.18. The Morgan fingerprint density at radius 1 is 1.52 bits per heavy atom. The Bertz CT molecular complexity index is 620. The fraction of sp³-hybridized carbons (Fsp3) is 0.500. The van der Waals surface area contributed by atoms with Crippen molar-refractivity contribution in [1.82, 2.24) is 9.88 Å². The Kier molecular flexibility index (Phi) is 4.51. The predicted octanol–water partition coefficient (Wildman–Crippen LogP) is 3.33. The van der Waals surface area contributed by atoms with Crippen molar-refractivity contribution in [3.8, 4) is 0 Å². The van der Waals surface area contributed by atoms with Gasteiger partial charge in [-0.3, -0.25) is 4.79 Å². The van der Waals surface area contributed by atoms with Gasteiger partial charge in [-0.15, -0.1) is 11.3 Å². The number of carbonyl (C=O) groups is 1. The maximum Gasteiger partial charge on any atom is 0.253 e. The van der Waals surface area contributed by atoms with Gasteiger partial charge in [-0.2, -0.15) is 0 Å². The van der Waals surface area contributed by atoms with Crippen LogP contribution in [0.5, 0.6) is 0 Å². The molecule has 112 valence electrons. The summed E-state index contributed by atoms with van der Waals surface area (Å²) in [5, 5.41) is 0. The molecule has 0 N–H and O–H groups in total. The minimum atomic E-state index is 0.0669. The summed E-state index contributed by atoms with van der Waals surface area (Å²) < 4.78 is 6.73. The Hall–Kier alpha value is -1.46. The lowest BCUT2D eigenvalue weighted by Crippen LogP contribution is -2.28. The minimum Gasteiger partial charge on any atom is -0.378 e. The van der Waals surface area contributed by atoms with Crippen molar-refractivity contribution in [3.63, 3.8) is 0 Å². The summed E-state index contributed by atoms with van der Waals surface area (Å²) in [6.07, 6.45) is 4.78. The van der Waals surface area contributed by atoms with Crippen LogP contribution in [0.3, 0.4) is 0 Å². The predicted molar refractivity (Wildman–Crippen MR) is 84.8 cm³/mol. The van der Waals surface area contributed by atoms with E-state index in [0.29, 0.717) is 11.7 Å². The first-order chi connectivity index (χ1) is 10.2. The molecule has 0 saturated carbocycles. The third kappa shape index (κ3) is 3.41. The molecule has 1 aliphatic heterocycles. The number of ether oxygens (including phenoxy) is 1. The van der Waals surface area contributed by atoms with Gasteiger partial charge < -0.3 is 9.64 Å². The van der Waals surface area contributed by atoms with Crippen molar-refractivity contribution in [2.75, 3.05) is 20.2 Å². The van der Waals surface area contributed by atoms with Crippen LogP contribution in [0.4, 0.5) is 0 Å². The van der Waals surface area contributed by atoms with Crippen LogP contribution in [-0.4, -0.2) is 42.1 Å². The van der Waals surface area contributed by atoms with Crippen LogP contribution in [0, 0.1) is 0 Å². The molecule has 0 bridgehead atoms. The monoisotopic (exact) mass is 304 g/mol. The van der Waals surface area contributed by atoms with Gasteiger partial charge in [0, 0.05) is 25.8 Å². The van der Waals surface area contributed by atoms with Crippen LogP contribution < -0.4 is 0 Å². The number of carbonyl (C=O) groups excluding carboxylic acids is 1. The number of rotatable bonds is 5. The molecular weight excluding hydrogens is 284 g/mol. The molecule has 5 heteroatoms. The Morgan fingerprint density at radius 3 is 3.24 bits per heavy atom. The molecular formula is C16H20N2O2S. The van der Waals surface area contributed by atoms with E-state index in [0.717, 1.165) is 42.6 Å². The second-order valence-corrected chi connectivity index (χ2v) is 6.43. The Morgan fingerprint density at radius 2 is 2.43 bits per heavy atom. The highest BCUT2D eigenvalue weighted by atomic mass is 32.1. The van der Waals surface area contributed by atoms with Gasteiger partial charge in [-0.25, -0.2) is 4.98 Å². The molecule has 1 atom stereocenters. The van der Waals surface area contributed by atoms with Gasteiger partial charge in [0.15, 0.2) is 0 Å². The molecule has 1 aromatic heterocycles. The molecule has 3 rings (SSSR count). The molecule has 4 nitrogen and oxygen atoms in total. The lowest BCUT2D eigenvalue weighted by atomic mass is 10.1. The molecule has 1 amide bonds. The van der Waals surface area contributed by atoms with E-state index in [9.17, 15) is 4.79 Å². The maximum absolute atomic E-state index is 12.4. The molecule has 2 heterocycles. The van der Waals surface area contributed by atoms with Crippen molar-refractivity contribution < 1.29 is 9.53 Å². The first-order valence-electron chi connectivity index (χ1n) is 7.44. The van der Waals surface area contributed by atoms with Crippen molar-refractivity contribution in [1.29, 1.82) is 0 Å². The molecule has 1 aliphatic rings. The molecule has 0 spiro atoms. The second-order valence-electron chi connectivity index (χ2n) is 5.54. The quantitative estimate of drug-likeness (QED) is 0.851. The topological polar surface area (TPSA) is 42.4 Å². The number of hydrogen-bond donors (Lipinski definition) is 0. The SMILES string of the molecule is CN(CCC[C@H]1CCCO1)C(=O)c1ccc2scnc2c1. The van der Waals surface area contributed by atoms with Crippen LogP contribution in [0.1, 0.15) is 36.0 Å². The van der Waals surface area contributed by atoms with Crippen molar-refractivity contribution >= 4 is 27.5 Å². The van der Waals surface area contributed by atoms with Crippen LogP contribution in [0.15, 0.2) is 23.7 Å². The van der Waals surface area contributed by atoms with Crippen molar-refractivity contribution in [2.45, 2.75) is 31.8 Å². The zero-order valence-corrected chi connectivity index (χ0v) is 13.1. The van der Waals surface area contributed by atoms with Gasteiger partial charge in [-0.1, -0.05) is 0 Å². The molecule has 1 saturated heterocycles. The van der Waals surface area contributed by atoms with Gasteiger partial charge in [-0.05, 0) is 43.9 Å². The highest BCUT2D eigenvalue weighted by molar-refractivity contribution is 7.16. The highest BCUT2D eigenvalue weighted by Crippen LogP contribution is 2.20. The number of hydrogen-bond acceptors (Lipinski definition) is 4. The Balaban J connectivity index is 1.55. The van der Waals surface area contributed by atoms with Crippen LogP contribution in [0.25, 0.3) is 10.2 Å². The zero-order chi connectivity index (χ0) is 14.7. The van der Waals surface area contributed by atoms with Gasteiger partial charge in [0.2, 0.25) is 0 Å². The summed E-state index contributed by atoms with van der Waals surface area (Å²) in [5.74, 6) is 0.0669. The summed E-state index contributed by atoms with van der Waals surface area (Å²) in [7, 11) is 1.86. The minimum absolute atomic E-state index is 0.0669. The number of amides is 1. The van der Waals surface area contributed by atoms with Gasteiger partial charge >= 0.3 is 0 Å². The average molecular weight is 304 g/mol. The molecule has 1 fully saturated rings. The second kappa shape index (κ2) is 6.54. The summed E-state index contributed by atoms with van der Waals surface area (Å²) in [6, 6.07) is 5.74. The molecule has 0 unspecified atom stereocenters. The maximum atomic E-state index is 12.4. The van der Waals surface area contributed by atoms with E-state index in [1.54, 1.807) is 16.2 Å².